The Morgan fingerprint density at radius 1 is 1.27 bits per heavy atom. The Morgan fingerprint density at radius 2 is 2.14 bits per heavy atom. The summed E-state index contributed by atoms with van der Waals surface area (Å²) in [6.07, 6.45) is 6.32. The van der Waals surface area contributed by atoms with E-state index in [1.54, 1.807) is 22.6 Å². The van der Waals surface area contributed by atoms with Crippen molar-refractivity contribution in [3.63, 3.8) is 0 Å². The summed E-state index contributed by atoms with van der Waals surface area (Å²) in [6.45, 7) is 2.52. The fourth-order valence-corrected chi connectivity index (χ4v) is 4.77. The number of amides is 1. The monoisotopic (exact) mass is 323 g/mol. The summed E-state index contributed by atoms with van der Waals surface area (Å²) in [4.78, 5) is 17.8. The molecule has 0 unspecified atom stereocenters. The van der Waals surface area contributed by atoms with Crippen molar-refractivity contribution in [3.05, 3.63) is 24.5 Å². The molecule has 1 aromatic rings. The van der Waals surface area contributed by atoms with Gasteiger partial charge in [-0.2, -0.15) is 4.31 Å². The van der Waals surface area contributed by atoms with E-state index in [2.05, 4.69) is 4.98 Å². The molecule has 0 bridgehead atoms. The molecule has 7 heteroatoms. The number of aromatic nitrogens is 1. The van der Waals surface area contributed by atoms with Crippen LogP contribution in [0, 0.1) is 5.92 Å². The molecule has 0 spiro atoms. The van der Waals surface area contributed by atoms with E-state index in [4.69, 9.17) is 0 Å². The largest absolute Gasteiger partial charge is 0.342 e. The summed E-state index contributed by atoms with van der Waals surface area (Å²) < 4.78 is 26.8. The van der Waals surface area contributed by atoms with Crippen LogP contribution < -0.4 is 0 Å². The Labute approximate surface area is 131 Å². The smallest absolute Gasteiger partial charge is 0.244 e. The third-order valence-electron chi connectivity index (χ3n) is 4.40. The molecule has 2 fully saturated rings. The molecule has 3 rings (SSSR count). The number of likely N-dealkylation sites (tertiary alicyclic amines) is 1. The number of nitrogens with zero attached hydrogens (tertiary/aromatic N) is 3. The zero-order valence-corrected chi connectivity index (χ0v) is 13.3. The molecule has 0 aliphatic carbocycles. The van der Waals surface area contributed by atoms with Crippen molar-refractivity contribution in [3.8, 4) is 0 Å². The number of rotatable bonds is 4. The van der Waals surface area contributed by atoms with Crippen molar-refractivity contribution in [2.24, 2.45) is 5.92 Å². The second kappa shape index (κ2) is 6.34. The van der Waals surface area contributed by atoms with Gasteiger partial charge in [-0.25, -0.2) is 8.42 Å². The first kappa shape index (κ1) is 15.4. The maximum absolute atomic E-state index is 12.6. The maximum atomic E-state index is 12.6. The molecule has 0 N–H and O–H groups in total. The van der Waals surface area contributed by atoms with Crippen LogP contribution in [0.3, 0.4) is 0 Å². The predicted octanol–water partition coefficient (Wildman–Crippen LogP) is 1.10. The highest BCUT2D eigenvalue weighted by atomic mass is 32.2. The van der Waals surface area contributed by atoms with E-state index < -0.39 is 10.0 Å². The number of hydrogen-bond donors (Lipinski definition) is 0. The average Bonchev–Trinajstić information content (AvgIpc) is 2.94. The quantitative estimate of drug-likeness (QED) is 0.832. The molecule has 2 saturated heterocycles. The lowest BCUT2D eigenvalue weighted by Gasteiger charge is -2.33. The van der Waals surface area contributed by atoms with Crippen LogP contribution in [0.15, 0.2) is 29.4 Å². The minimum Gasteiger partial charge on any atom is -0.342 e. The molecule has 0 aromatic carbocycles. The topological polar surface area (TPSA) is 70.6 Å². The predicted molar refractivity (Wildman–Crippen MR) is 81.5 cm³/mol. The van der Waals surface area contributed by atoms with E-state index in [1.165, 1.54) is 6.20 Å². The SMILES string of the molecule is O=C1CCCN1C[C@@H]1CCCN(S(=O)(=O)c2cccnc2)C1. The third-order valence-corrected chi connectivity index (χ3v) is 6.25. The Balaban J connectivity index is 1.69. The van der Waals surface area contributed by atoms with Crippen molar-refractivity contribution in [1.29, 1.82) is 0 Å². The van der Waals surface area contributed by atoms with Gasteiger partial charge in [-0.1, -0.05) is 0 Å². The molecule has 2 aliphatic rings. The van der Waals surface area contributed by atoms with Gasteiger partial charge in [0.15, 0.2) is 0 Å². The van der Waals surface area contributed by atoms with E-state index >= 15 is 0 Å². The zero-order valence-electron chi connectivity index (χ0n) is 12.5. The van der Waals surface area contributed by atoms with E-state index in [0.717, 1.165) is 25.8 Å². The summed E-state index contributed by atoms with van der Waals surface area (Å²) in [5.74, 6) is 0.425. The molecule has 1 aromatic heterocycles. The van der Waals surface area contributed by atoms with Gasteiger partial charge in [0.25, 0.3) is 0 Å². The second-order valence-corrected chi connectivity index (χ2v) is 7.94. The summed E-state index contributed by atoms with van der Waals surface area (Å²) in [7, 11) is -3.47. The van der Waals surface area contributed by atoms with Gasteiger partial charge in [-0.3, -0.25) is 9.78 Å². The molecule has 0 saturated carbocycles. The Bertz CT molecular complexity index is 633. The first-order valence-electron chi connectivity index (χ1n) is 7.75. The van der Waals surface area contributed by atoms with E-state index in [0.29, 0.717) is 26.1 Å². The van der Waals surface area contributed by atoms with Crippen LogP contribution in [0.2, 0.25) is 0 Å². The minimum atomic E-state index is -3.47. The standard InChI is InChI=1S/C15H21N3O3S/c19-15-6-3-8-17(15)11-13-4-2-9-18(12-13)22(20,21)14-5-1-7-16-10-14/h1,5,7,10,13H,2-4,6,8-9,11-12H2/t13-/m0/s1. The van der Waals surface area contributed by atoms with Crippen LogP contribution in [0.1, 0.15) is 25.7 Å². The van der Waals surface area contributed by atoms with Gasteiger partial charge in [0, 0.05) is 45.0 Å². The molecule has 2 aliphatic heterocycles. The minimum absolute atomic E-state index is 0.201. The van der Waals surface area contributed by atoms with Crippen molar-refractivity contribution in [1.82, 2.24) is 14.2 Å². The van der Waals surface area contributed by atoms with Crippen LogP contribution in [-0.4, -0.2) is 54.7 Å². The third kappa shape index (κ3) is 3.15. The molecule has 120 valence electrons. The van der Waals surface area contributed by atoms with Gasteiger partial charge in [-0.15, -0.1) is 0 Å². The molecular weight excluding hydrogens is 302 g/mol. The van der Waals surface area contributed by atoms with Crippen molar-refractivity contribution in [2.75, 3.05) is 26.2 Å². The second-order valence-electron chi connectivity index (χ2n) is 6.00. The summed E-state index contributed by atoms with van der Waals surface area (Å²) >= 11 is 0. The molecular formula is C15H21N3O3S. The summed E-state index contributed by atoms with van der Waals surface area (Å²) in [5, 5.41) is 0. The van der Waals surface area contributed by atoms with Gasteiger partial charge in [0.1, 0.15) is 4.90 Å². The van der Waals surface area contributed by atoms with E-state index in [-0.39, 0.29) is 16.7 Å². The van der Waals surface area contributed by atoms with Crippen molar-refractivity contribution < 1.29 is 13.2 Å². The lowest BCUT2D eigenvalue weighted by molar-refractivity contribution is -0.128. The van der Waals surface area contributed by atoms with E-state index in [1.807, 2.05) is 4.90 Å². The highest BCUT2D eigenvalue weighted by molar-refractivity contribution is 7.89. The Kier molecular flexibility index (Phi) is 4.44. The fraction of sp³-hybridized carbons (Fsp3) is 0.600. The number of sulfonamides is 1. The average molecular weight is 323 g/mol. The maximum Gasteiger partial charge on any atom is 0.244 e. The van der Waals surface area contributed by atoms with Crippen LogP contribution in [0.4, 0.5) is 0 Å². The first-order valence-corrected chi connectivity index (χ1v) is 9.19. The van der Waals surface area contributed by atoms with Crippen LogP contribution >= 0.6 is 0 Å². The van der Waals surface area contributed by atoms with Gasteiger partial charge in [-0.05, 0) is 37.3 Å². The lowest BCUT2D eigenvalue weighted by atomic mass is 9.99. The number of hydrogen-bond acceptors (Lipinski definition) is 4. The molecule has 1 atom stereocenters. The molecule has 22 heavy (non-hydrogen) atoms. The summed E-state index contributed by atoms with van der Waals surface area (Å²) in [5.41, 5.74) is 0. The fourth-order valence-electron chi connectivity index (χ4n) is 3.25. The van der Waals surface area contributed by atoms with Gasteiger partial charge in [0.2, 0.25) is 15.9 Å². The molecule has 3 heterocycles. The van der Waals surface area contributed by atoms with Crippen molar-refractivity contribution in [2.45, 2.75) is 30.6 Å². The summed E-state index contributed by atoms with van der Waals surface area (Å²) in [6, 6.07) is 3.22. The van der Waals surface area contributed by atoms with Crippen molar-refractivity contribution >= 4 is 15.9 Å². The highest BCUT2D eigenvalue weighted by Crippen LogP contribution is 2.25. The lowest BCUT2D eigenvalue weighted by Crippen LogP contribution is -2.44. The van der Waals surface area contributed by atoms with Gasteiger partial charge in [0.05, 0.1) is 0 Å². The first-order chi connectivity index (χ1) is 10.6. The molecule has 1 amide bonds. The van der Waals surface area contributed by atoms with E-state index in [9.17, 15) is 13.2 Å². The number of carbonyl (C=O) groups excluding carboxylic acids is 1. The van der Waals surface area contributed by atoms with Gasteiger partial charge < -0.3 is 4.90 Å². The van der Waals surface area contributed by atoms with Crippen LogP contribution in [0.5, 0.6) is 0 Å². The molecule has 6 nitrogen and oxygen atoms in total. The van der Waals surface area contributed by atoms with Gasteiger partial charge >= 0.3 is 0 Å². The number of pyridine rings is 1. The number of piperidine rings is 1. The van der Waals surface area contributed by atoms with Crippen LogP contribution in [-0.2, 0) is 14.8 Å². The Hall–Kier alpha value is -1.47. The normalized spacial score (nSPS) is 23.9. The Morgan fingerprint density at radius 3 is 2.82 bits per heavy atom. The zero-order chi connectivity index (χ0) is 15.6. The highest BCUT2D eigenvalue weighted by Gasteiger charge is 2.32. The molecule has 0 radical (unpaired) electrons. The number of carbonyl (C=O) groups is 1. The van der Waals surface area contributed by atoms with Crippen LogP contribution in [0.25, 0.3) is 0 Å².